The van der Waals surface area contributed by atoms with Crippen molar-refractivity contribution in [2.45, 2.75) is 25.4 Å². The number of rotatable bonds is 4. The topological polar surface area (TPSA) is 67.2 Å². The maximum absolute atomic E-state index is 12.4. The molecule has 3 rings (SSSR count). The highest BCUT2D eigenvalue weighted by Crippen LogP contribution is 2.20. The average Bonchev–Trinajstić information content (AvgIpc) is 3.12. The molecule has 0 bridgehead atoms. The third-order valence-electron chi connectivity index (χ3n) is 4.01. The Hall–Kier alpha value is -2.14. The fourth-order valence-corrected chi connectivity index (χ4v) is 2.73. The SMILES string of the molecule is CC(C(=O)N[C@@H]1C=C[C@H](CO)C1)n1cnc2ccccc21. The molecule has 1 aliphatic carbocycles. The Morgan fingerprint density at radius 2 is 2.29 bits per heavy atom. The van der Waals surface area contributed by atoms with E-state index in [1.165, 1.54) is 0 Å². The third kappa shape index (κ3) is 2.69. The van der Waals surface area contributed by atoms with Crippen molar-refractivity contribution in [1.82, 2.24) is 14.9 Å². The molecule has 2 N–H and O–H groups in total. The number of aromatic nitrogens is 2. The quantitative estimate of drug-likeness (QED) is 0.839. The number of carbonyl (C=O) groups is 1. The van der Waals surface area contributed by atoms with E-state index in [4.69, 9.17) is 5.11 Å². The second-order valence-electron chi connectivity index (χ2n) is 5.49. The number of hydrogen-bond donors (Lipinski definition) is 2. The van der Waals surface area contributed by atoms with Gasteiger partial charge in [0.25, 0.3) is 0 Å². The van der Waals surface area contributed by atoms with Gasteiger partial charge in [0.1, 0.15) is 6.04 Å². The Morgan fingerprint density at radius 1 is 1.48 bits per heavy atom. The molecule has 1 aromatic carbocycles. The molecule has 110 valence electrons. The van der Waals surface area contributed by atoms with Crippen LogP contribution in [0.25, 0.3) is 11.0 Å². The van der Waals surface area contributed by atoms with Crippen molar-refractivity contribution in [3.05, 3.63) is 42.7 Å². The van der Waals surface area contributed by atoms with Crippen LogP contribution < -0.4 is 5.32 Å². The molecule has 1 aromatic heterocycles. The largest absolute Gasteiger partial charge is 0.396 e. The van der Waals surface area contributed by atoms with Crippen LogP contribution in [0.5, 0.6) is 0 Å². The molecule has 0 saturated carbocycles. The number of amides is 1. The molecule has 1 amide bonds. The van der Waals surface area contributed by atoms with Gasteiger partial charge in [0.15, 0.2) is 0 Å². The molecule has 0 aliphatic heterocycles. The van der Waals surface area contributed by atoms with Gasteiger partial charge in [0, 0.05) is 18.6 Å². The first-order valence-corrected chi connectivity index (χ1v) is 7.20. The lowest BCUT2D eigenvalue weighted by Crippen LogP contribution is -2.37. The van der Waals surface area contributed by atoms with Gasteiger partial charge in [-0.05, 0) is 25.5 Å². The molecule has 3 atom stereocenters. The van der Waals surface area contributed by atoms with Gasteiger partial charge in [-0.15, -0.1) is 0 Å². The Kier molecular flexibility index (Phi) is 3.75. The van der Waals surface area contributed by atoms with Gasteiger partial charge in [0.05, 0.1) is 17.4 Å². The van der Waals surface area contributed by atoms with Gasteiger partial charge in [0.2, 0.25) is 5.91 Å². The Balaban J connectivity index is 1.72. The molecule has 1 heterocycles. The maximum atomic E-state index is 12.4. The van der Waals surface area contributed by atoms with Gasteiger partial charge in [-0.25, -0.2) is 4.98 Å². The van der Waals surface area contributed by atoms with Crippen LogP contribution in [0.4, 0.5) is 0 Å². The number of imidazole rings is 1. The van der Waals surface area contributed by atoms with Crippen molar-refractivity contribution in [3.63, 3.8) is 0 Å². The van der Waals surface area contributed by atoms with E-state index in [9.17, 15) is 4.79 Å². The number of para-hydroxylation sites is 2. The molecular formula is C16H19N3O2. The van der Waals surface area contributed by atoms with Gasteiger partial charge >= 0.3 is 0 Å². The van der Waals surface area contributed by atoms with Gasteiger partial charge < -0.3 is 15.0 Å². The summed E-state index contributed by atoms with van der Waals surface area (Å²) in [5.41, 5.74) is 1.84. The van der Waals surface area contributed by atoms with E-state index in [0.29, 0.717) is 0 Å². The number of fused-ring (bicyclic) bond motifs is 1. The lowest BCUT2D eigenvalue weighted by molar-refractivity contribution is -0.124. The van der Waals surface area contributed by atoms with Crippen molar-refractivity contribution < 1.29 is 9.90 Å². The smallest absolute Gasteiger partial charge is 0.243 e. The lowest BCUT2D eigenvalue weighted by Gasteiger charge is -2.18. The monoisotopic (exact) mass is 285 g/mol. The minimum Gasteiger partial charge on any atom is -0.396 e. The van der Waals surface area contributed by atoms with Gasteiger partial charge in [-0.2, -0.15) is 0 Å². The van der Waals surface area contributed by atoms with E-state index in [1.54, 1.807) is 6.33 Å². The van der Waals surface area contributed by atoms with E-state index < -0.39 is 0 Å². The molecule has 1 aliphatic rings. The summed E-state index contributed by atoms with van der Waals surface area (Å²) in [7, 11) is 0. The molecule has 1 unspecified atom stereocenters. The summed E-state index contributed by atoms with van der Waals surface area (Å²) in [5.74, 6) is 0.117. The number of aliphatic hydroxyl groups is 1. The van der Waals surface area contributed by atoms with Crippen LogP contribution in [0.3, 0.4) is 0 Å². The van der Waals surface area contributed by atoms with Crippen molar-refractivity contribution in [1.29, 1.82) is 0 Å². The summed E-state index contributed by atoms with van der Waals surface area (Å²) in [6.45, 7) is 2.00. The number of benzene rings is 1. The zero-order chi connectivity index (χ0) is 14.8. The third-order valence-corrected chi connectivity index (χ3v) is 4.01. The van der Waals surface area contributed by atoms with Crippen LogP contribution in [0.15, 0.2) is 42.7 Å². The molecule has 2 aromatic rings. The van der Waals surface area contributed by atoms with Crippen LogP contribution in [0, 0.1) is 5.92 Å². The first-order valence-electron chi connectivity index (χ1n) is 7.20. The lowest BCUT2D eigenvalue weighted by atomic mass is 10.1. The van der Waals surface area contributed by atoms with Crippen molar-refractivity contribution >= 4 is 16.9 Å². The van der Waals surface area contributed by atoms with Crippen molar-refractivity contribution in [2.75, 3.05) is 6.61 Å². The Morgan fingerprint density at radius 3 is 3.05 bits per heavy atom. The summed E-state index contributed by atoms with van der Waals surface area (Å²) >= 11 is 0. The second kappa shape index (κ2) is 5.69. The Labute approximate surface area is 123 Å². The first-order chi connectivity index (χ1) is 10.2. The second-order valence-corrected chi connectivity index (χ2v) is 5.49. The predicted octanol–water partition coefficient (Wildman–Crippen LogP) is 1.65. The first kappa shape index (κ1) is 13.8. The summed E-state index contributed by atoms with van der Waals surface area (Å²) in [4.78, 5) is 16.7. The highest BCUT2D eigenvalue weighted by Gasteiger charge is 2.23. The molecule has 21 heavy (non-hydrogen) atoms. The summed E-state index contributed by atoms with van der Waals surface area (Å²) in [6.07, 6.45) is 6.38. The minimum atomic E-state index is -0.320. The summed E-state index contributed by atoms with van der Waals surface area (Å²) < 4.78 is 1.88. The van der Waals surface area contributed by atoms with E-state index in [2.05, 4.69) is 10.3 Å². The van der Waals surface area contributed by atoms with Crippen molar-refractivity contribution in [3.8, 4) is 0 Å². The highest BCUT2D eigenvalue weighted by molar-refractivity contribution is 5.83. The molecule has 5 nitrogen and oxygen atoms in total. The number of nitrogens with one attached hydrogen (secondary N) is 1. The van der Waals surface area contributed by atoms with E-state index >= 15 is 0 Å². The standard InChI is InChI=1S/C16H19N3O2/c1-11(16(21)18-13-7-6-12(8-13)9-20)19-10-17-14-4-2-3-5-15(14)19/h2-7,10-13,20H,8-9H2,1H3,(H,18,21)/t11?,12-,13+/m0/s1. The highest BCUT2D eigenvalue weighted by atomic mass is 16.3. The van der Waals surface area contributed by atoms with E-state index in [-0.39, 0.29) is 30.5 Å². The predicted molar refractivity (Wildman–Crippen MR) is 80.7 cm³/mol. The molecule has 0 radical (unpaired) electrons. The van der Waals surface area contributed by atoms with Crippen LogP contribution in [0.2, 0.25) is 0 Å². The zero-order valence-corrected chi connectivity index (χ0v) is 11.9. The fourth-order valence-electron chi connectivity index (χ4n) is 2.73. The van der Waals surface area contributed by atoms with Crippen LogP contribution in [-0.4, -0.2) is 33.2 Å². The van der Waals surface area contributed by atoms with E-state index in [0.717, 1.165) is 17.5 Å². The maximum Gasteiger partial charge on any atom is 0.243 e. The van der Waals surface area contributed by atoms with E-state index in [1.807, 2.05) is 47.9 Å². The van der Waals surface area contributed by atoms with Gasteiger partial charge in [-0.3, -0.25) is 4.79 Å². The zero-order valence-electron chi connectivity index (χ0n) is 11.9. The van der Waals surface area contributed by atoms with Crippen molar-refractivity contribution in [2.24, 2.45) is 5.92 Å². The number of nitrogens with zero attached hydrogens (tertiary/aromatic N) is 2. The van der Waals surface area contributed by atoms with Crippen LogP contribution in [0.1, 0.15) is 19.4 Å². The van der Waals surface area contributed by atoms with Gasteiger partial charge in [-0.1, -0.05) is 24.3 Å². The molecule has 0 saturated heterocycles. The molecule has 0 spiro atoms. The summed E-state index contributed by atoms with van der Waals surface area (Å²) in [6, 6.07) is 7.45. The van der Waals surface area contributed by atoms with Crippen LogP contribution >= 0.6 is 0 Å². The average molecular weight is 285 g/mol. The fraction of sp³-hybridized carbons (Fsp3) is 0.375. The molecule has 0 fully saturated rings. The number of hydrogen-bond acceptors (Lipinski definition) is 3. The summed E-state index contributed by atoms with van der Waals surface area (Å²) in [5, 5.41) is 12.1. The minimum absolute atomic E-state index is 0.00638. The van der Waals surface area contributed by atoms with Crippen LogP contribution in [-0.2, 0) is 4.79 Å². The number of carbonyl (C=O) groups excluding carboxylic acids is 1. The number of aliphatic hydroxyl groups excluding tert-OH is 1. The molecular weight excluding hydrogens is 266 g/mol. The normalized spacial score (nSPS) is 22.6. The Bertz CT molecular complexity index is 677. The molecule has 5 heteroatoms.